The second-order valence-electron chi connectivity index (χ2n) is 7.93. The minimum absolute atomic E-state index is 0.676. The van der Waals surface area contributed by atoms with Crippen molar-refractivity contribution in [1.82, 2.24) is 9.78 Å². The van der Waals surface area contributed by atoms with E-state index in [2.05, 4.69) is 5.41 Å². The first-order valence-electron chi connectivity index (χ1n) is 11.1. The smallest absolute Gasteiger partial charge is 0.107 e. The van der Waals surface area contributed by atoms with Gasteiger partial charge in [-0.25, -0.2) is 4.68 Å². The predicted octanol–water partition coefficient (Wildman–Crippen LogP) is 11.0. The lowest BCUT2D eigenvalue weighted by molar-refractivity contribution is 0.908. The van der Waals surface area contributed by atoms with E-state index >= 15 is 0 Å². The summed E-state index contributed by atoms with van der Waals surface area (Å²) in [5.41, 5.74) is 3.72. The number of hydrogen-bond donors (Lipinski definition) is 0. The molecule has 2 nitrogen and oxygen atoms in total. The Morgan fingerprint density at radius 2 is 1.11 bits per heavy atom. The van der Waals surface area contributed by atoms with Crippen LogP contribution in [0, 0.1) is 0 Å². The summed E-state index contributed by atoms with van der Waals surface area (Å²) < 4.78 is 1.91. The van der Waals surface area contributed by atoms with Crippen molar-refractivity contribution in [3.8, 4) is 11.3 Å². The van der Waals surface area contributed by atoms with Crippen LogP contribution < -0.4 is 0 Å². The summed E-state index contributed by atoms with van der Waals surface area (Å²) in [6, 6.07) is 31.0. The Morgan fingerprint density at radius 3 is 1.68 bits per heavy atom. The zero-order chi connectivity index (χ0) is 25.8. The molecule has 0 radical (unpaired) electrons. The molecule has 5 rings (SSSR count). The summed E-state index contributed by atoms with van der Waals surface area (Å²) in [6.07, 6.45) is 2.05. The summed E-state index contributed by atoms with van der Waals surface area (Å²) in [4.78, 5) is 3.13. The van der Waals surface area contributed by atoms with Gasteiger partial charge in [-0.15, -0.1) is 0 Å². The first kappa shape index (κ1) is 26.3. The molecule has 5 aromatic rings. The van der Waals surface area contributed by atoms with Crippen molar-refractivity contribution in [1.29, 1.82) is 0 Å². The van der Waals surface area contributed by atoms with Gasteiger partial charge in [0.15, 0.2) is 0 Å². The number of halogens is 4. The van der Waals surface area contributed by atoms with Crippen molar-refractivity contribution in [3.63, 3.8) is 0 Å². The molecule has 37 heavy (non-hydrogen) atoms. The van der Waals surface area contributed by atoms with Gasteiger partial charge in [-0.05, 0) is 72.8 Å². The molecule has 0 N–H and O–H groups in total. The molecule has 0 unspecified atom stereocenters. The van der Waals surface area contributed by atoms with Crippen molar-refractivity contribution in [2.75, 3.05) is 0 Å². The SMILES string of the molecule is Clc1ccc(S/C=C(/c2ccc(Cl)cc2)n2cc(Sc3ccc(Cl)cc3)c(-c3ccc(Cl)cc3)n2)cc1. The molecule has 0 aliphatic carbocycles. The molecule has 0 spiro atoms. The Morgan fingerprint density at radius 1 is 0.622 bits per heavy atom. The summed E-state index contributed by atoms with van der Waals surface area (Å²) in [6.45, 7) is 0. The van der Waals surface area contributed by atoms with Crippen molar-refractivity contribution >= 4 is 75.6 Å². The Balaban J connectivity index is 1.60. The normalized spacial score (nSPS) is 11.6. The van der Waals surface area contributed by atoms with Gasteiger partial charge in [0.25, 0.3) is 0 Å². The highest BCUT2D eigenvalue weighted by Crippen LogP contribution is 2.38. The summed E-state index contributed by atoms with van der Waals surface area (Å²) in [7, 11) is 0. The molecule has 0 amide bonds. The van der Waals surface area contributed by atoms with Crippen LogP contribution in [0.15, 0.2) is 123 Å². The Bertz CT molecular complexity index is 1530. The predicted molar refractivity (Wildman–Crippen MR) is 160 cm³/mol. The topological polar surface area (TPSA) is 17.8 Å². The second-order valence-corrected chi connectivity index (χ2v) is 11.7. The van der Waals surface area contributed by atoms with Crippen LogP contribution in [0.4, 0.5) is 0 Å². The van der Waals surface area contributed by atoms with Crippen LogP contribution in [0.3, 0.4) is 0 Å². The van der Waals surface area contributed by atoms with Crippen molar-refractivity contribution < 1.29 is 0 Å². The molecular weight excluding hydrogens is 582 g/mol. The highest BCUT2D eigenvalue weighted by Gasteiger charge is 2.16. The van der Waals surface area contributed by atoms with Gasteiger partial charge in [0.1, 0.15) is 5.69 Å². The fraction of sp³-hybridized carbons (Fsp3) is 0. The van der Waals surface area contributed by atoms with Crippen LogP contribution in [0.1, 0.15) is 5.56 Å². The summed E-state index contributed by atoms with van der Waals surface area (Å²) in [5, 5.41) is 9.88. The highest BCUT2D eigenvalue weighted by molar-refractivity contribution is 8.02. The van der Waals surface area contributed by atoms with E-state index in [1.165, 1.54) is 0 Å². The number of thioether (sulfide) groups is 1. The van der Waals surface area contributed by atoms with E-state index in [1.54, 1.807) is 23.5 Å². The van der Waals surface area contributed by atoms with E-state index in [0.29, 0.717) is 20.1 Å². The van der Waals surface area contributed by atoms with E-state index in [9.17, 15) is 0 Å². The van der Waals surface area contributed by atoms with Crippen molar-refractivity contribution in [3.05, 3.63) is 134 Å². The Hall–Kier alpha value is -2.31. The minimum atomic E-state index is 0.676. The van der Waals surface area contributed by atoms with Gasteiger partial charge in [-0.1, -0.05) is 94.2 Å². The molecule has 0 saturated heterocycles. The first-order chi connectivity index (χ1) is 17.9. The molecule has 0 aliphatic heterocycles. The fourth-order valence-electron chi connectivity index (χ4n) is 3.51. The van der Waals surface area contributed by atoms with Gasteiger partial charge < -0.3 is 0 Å². The lowest BCUT2D eigenvalue weighted by Gasteiger charge is -2.09. The molecule has 184 valence electrons. The van der Waals surface area contributed by atoms with Crippen LogP contribution in [-0.2, 0) is 0 Å². The minimum Gasteiger partial charge on any atom is -0.238 e. The molecule has 4 aromatic carbocycles. The third-order valence-electron chi connectivity index (χ3n) is 5.35. The Labute approximate surface area is 244 Å². The van der Waals surface area contributed by atoms with Crippen LogP contribution in [0.2, 0.25) is 20.1 Å². The second kappa shape index (κ2) is 12.0. The third kappa shape index (κ3) is 6.77. The largest absolute Gasteiger partial charge is 0.238 e. The van der Waals surface area contributed by atoms with Crippen LogP contribution in [-0.4, -0.2) is 9.78 Å². The first-order valence-corrected chi connectivity index (χ1v) is 14.3. The maximum atomic E-state index is 6.19. The average Bonchev–Trinajstić information content (AvgIpc) is 3.31. The van der Waals surface area contributed by atoms with Gasteiger partial charge in [0.05, 0.1) is 10.6 Å². The van der Waals surface area contributed by atoms with E-state index in [-0.39, 0.29) is 0 Å². The lowest BCUT2D eigenvalue weighted by Crippen LogP contribution is -1.99. The summed E-state index contributed by atoms with van der Waals surface area (Å²) >= 11 is 27.8. The lowest BCUT2D eigenvalue weighted by atomic mass is 10.2. The standard InChI is InChI=1S/C29H18Cl4N2S2/c30-21-5-1-19(2-6-21)27(18-36-25-13-9-23(32)10-14-25)35-17-28(37-26-15-11-24(33)12-16-26)29(34-35)20-3-7-22(31)8-4-20/h1-18H/b27-18-. The van der Waals surface area contributed by atoms with Gasteiger partial charge in [-0.2, -0.15) is 5.10 Å². The summed E-state index contributed by atoms with van der Waals surface area (Å²) in [5.74, 6) is 0. The maximum absolute atomic E-state index is 6.19. The molecule has 0 atom stereocenters. The fourth-order valence-corrected chi connectivity index (χ4v) is 5.73. The molecule has 1 aromatic heterocycles. The van der Waals surface area contributed by atoms with Gasteiger partial charge in [0, 0.05) is 52.6 Å². The highest BCUT2D eigenvalue weighted by atomic mass is 35.5. The van der Waals surface area contributed by atoms with Crippen LogP contribution in [0.25, 0.3) is 17.0 Å². The van der Waals surface area contributed by atoms with Crippen LogP contribution >= 0.6 is 69.9 Å². The van der Waals surface area contributed by atoms with E-state index in [0.717, 1.165) is 37.2 Å². The number of aromatic nitrogens is 2. The zero-order valence-electron chi connectivity index (χ0n) is 19.1. The van der Waals surface area contributed by atoms with E-state index in [1.807, 2.05) is 108 Å². The van der Waals surface area contributed by atoms with Gasteiger partial charge in [-0.3, -0.25) is 0 Å². The number of rotatable bonds is 7. The monoisotopic (exact) mass is 598 g/mol. The Kier molecular flexibility index (Phi) is 8.56. The average molecular weight is 600 g/mol. The van der Waals surface area contributed by atoms with Crippen LogP contribution in [0.5, 0.6) is 0 Å². The van der Waals surface area contributed by atoms with Crippen molar-refractivity contribution in [2.24, 2.45) is 0 Å². The molecule has 0 fully saturated rings. The number of benzene rings is 4. The molecule has 1 heterocycles. The number of hydrogen-bond acceptors (Lipinski definition) is 3. The van der Waals surface area contributed by atoms with Crippen molar-refractivity contribution in [2.45, 2.75) is 14.7 Å². The van der Waals surface area contributed by atoms with E-state index < -0.39 is 0 Å². The zero-order valence-corrected chi connectivity index (χ0v) is 23.8. The molecular formula is C29H18Cl4N2S2. The quantitative estimate of drug-likeness (QED) is 0.173. The molecule has 0 aliphatic rings. The number of nitrogens with zero attached hydrogens (tertiary/aromatic N) is 2. The maximum Gasteiger partial charge on any atom is 0.107 e. The third-order valence-corrected chi connectivity index (χ3v) is 8.27. The van der Waals surface area contributed by atoms with Gasteiger partial charge >= 0.3 is 0 Å². The van der Waals surface area contributed by atoms with Gasteiger partial charge in [0.2, 0.25) is 0 Å². The molecule has 0 saturated carbocycles. The molecule has 8 heteroatoms. The van der Waals surface area contributed by atoms with E-state index in [4.69, 9.17) is 51.5 Å². The molecule has 0 bridgehead atoms.